The summed E-state index contributed by atoms with van der Waals surface area (Å²) < 4.78 is 0. The van der Waals surface area contributed by atoms with E-state index < -0.39 is 17.2 Å². The Bertz CT molecular complexity index is 414. The number of hydrogen-bond donors (Lipinski definition) is 2. The topological polar surface area (TPSA) is 104 Å². The second-order valence-corrected chi connectivity index (χ2v) is 5.99. The average molecular weight is 277 g/mol. The SMILES string of the molecule is N#CC1(N=NC2(NC(N)=O)CCCCC2)CCCCC1. The van der Waals surface area contributed by atoms with Crippen molar-refractivity contribution < 1.29 is 4.79 Å². The molecule has 0 aromatic heterocycles. The first-order chi connectivity index (χ1) is 9.60. The number of carbonyl (C=O) groups excluding carboxylic acids is 1. The van der Waals surface area contributed by atoms with Crippen molar-refractivity contribution in [3.63, 3.8) is 0 Å². The second kappa shape index (κ2) is 6.21. The molecule has 20 heavy (non-hydrogen) atoms. The van der Waals surface area contributed by atoms with E-state index in [0.29, 0.717) is 0 Å². The van der Waals surface area contributed by atoms with Gasteiger partial charge in [0.25, 0.3) is 0 Å². The molecule has 3 N–H and O–H groups in total. The van der Waals surface area contributed by atoms with E-state index in [1.807, 2.05) is 0 Å². The predicted molar refractivity (Wildman–Crippen MR) is 74.8 cm³/mol. The highest BCUT2D eigenvalue weighted by molar-refractivity contribution is 5.72. The zero-order chi connectivity index (χ0) is 14.5. The summed E-state index contributed by atoms with van der Waals surface area (Å²) in [6, 6.07) is 1.75. The Balaban J connectivity index is 2.15. The number of azo groups is 1. The molecule has 0 bridgehead atoms. The van der Waals surface area contributed by atoms with Gasteiger partial charge in [0.15, 0.2) is 11.2 Å². The van der Waals surface area contributed by atoms with E-state index in [4.69, 9.17) is 5.73 Å². The van der Waals surface area contributed by atoms with Crippen molar-refractivity contribution in [2.24, 2.45) is 16.0 Å². The minimum absolute atomic E-state index is 0.569. The number of primary amides is 1. The summed E-state index contributed by atoms with van der Waals surface area (Å²) >= 11 is 0. The van der Waals surface area contributed by atoms with Crippen LogP contribution in [0, 0.1) is 11.3 Å². The lowest BCUT2D eigenvalue weighted by Gasteiger charge is -2.34. The van der Waals surface area contributed by atoms with Gasteiger partial charge in [0, 0.05) is 0 Å². The molecular weight excluding hydrogens is 254 g/mol. The molecule has 0 spiro atoms. The van der Waals surface area contributed by atoms with Crippen LogP contribution in [0.3, 0.4) is 0 Å². The first kappa shape index (κ1) is 14.8. The van der Waals surface area contributed by atoms with Crippen LogP contribution in [0.4, 0.5) is 4.79 Å². The number of rotatable bonds is 3. The Labute approximate surface area is 119 Å². The van der Waals surface area contributed by atoms with Gasteiger partial charge in [-0.25, -0.2) is 4.79 Å². The van der Waals surface area contributed by atoms with Gasteiger partial charge in [-0.1, -0.05) is 12.8 Å². The largest absolute Gasteiger partial charge is 0.352 e. The molecule has 0 aromatic rings. The fourth-order valence-corrected chi connectivity index (χ4v) is 3.18. The maximum absolute atomic E-state index is 11.2. The third-order valence-corrected chi connectivity index (χ3v) is 4.36. The molecule has 0 aromatic carbocycles. The molecule has 0 radical (unpaired) electrons. The molecule has 0 aliphatic heterocycles. The van der Waals surface area contributed by atoms with Crippen molar-refractivity contribution in [3.8, 4) is 6.07 Å². The van der Waals surface area contributed by atoms with Crippen LogP contribution in [0.1, 0.15) is 64.2 Å². The minimum Gasteiger partial charge on any atom is -0.352 e. The van der Waals surface area contributed by atoms with Crippen LogP contribution in [0.15, 0.2) is 10.2 Å². The molecule has 2 amide bonds. The number of nitriles is 1. The molecule has 0 atom stereocenters. The summed E-state index contributed by atoms with van der Waals surface area (Å²) in [5, 5.41) is 21.0. The van der Waals surface area contributed by atoms with Gasteiger partial charge in [-0.3, -0.25) is 0 Å². The Morgan fingerprint density at radius 1 is 1.00 bits per heavy atom. The number of carbonyl (C=O) groups is 1. The number of hydrogen-bond acceptors (Lipinski definition) is 4. The molecule has 2 fully saturated rings. The summed E-state index contributed by atoms with van der Waals surface area (Å²) in [5.74, 6) is 0. The van der Waals surface area contributed by atoms with E-state index in [9.17, 15) is 10.1 Å². The maximum Gasteiger partial charge on any atom is 0.314 e. The van der Waals surface area contributed by atoms with Crippen LogP contribution in [-0.2, 0) is 0 Å². The van der Waals surface area contributed by atoms with Gasteiger partial charge in [0.2, 0.25) is 0 Å². The Hall–Kier alpha value is -1.64. The Morgan fingerprint density at radius 2 is 1.55 bits per heavy atom. The van der Waals surface area contributed by atoms with Crippen LogP contribution in [-0.4, -0.2) is 17.2 Å². The van der Waals surface area contributed by atoms with E-state index >= 15 is 0 Å². The zero-order valence-electron chi connectivity index (χ0n) is 11.9. The first-order valence-electron chi connectivity index (χ1n) is 7.53. The number of nitrogens with one attached hydrogen (secondary N) is 1. The van der Waals surface area contributed by atoms with Crippen molar-refractivity contribution in [2.45, 2.75) is 75.4 Å². The third-order valence-electron chi connectivity index (χ3n) is 4.36. The highest BCUT2D eigenvalue weighted by Crippen LogP contribution is 2.35. The number of amides is 2. The monoisotopic (exact) mass is 277 g/mol. The first-order valence-corrected chi connectivity index (χ1v) is 7.53. The second-order valence-electron chi connectivity index (χ2n) is 5.99. The van der Waals surface area contributed by atoms with Crippen LogP contribution < -0.4 is 11.1 Å². The lowest BCUT2D eigenvalue weighted by molar-refractivity contribution is 0.203. The van der Waals surface area contributed by atoms with Gasteiger partial charge in [0.05, 0.1) is 6.07 Å². The Morgan fingerprint density at radius 3 is 2.05 bits per heavy atom. The molecule has 0 saturated heterocycles. The normalized spacial score (nSPS) is 24.9. The molecule has 0 heterocycles. The van der Waals surface area contributed by atoms with Gasteiger partial charge in [-0.05, 0) is 51.4 Å². The van der Waals surface area contributed by atoms with Gasteiger partial charge in [-0.2, -0.15) is 15.5 Å². The van der Waals surface area contributed by atoms with Crippen molar-refractivity contribution >= 4 is 6.03 Å². The third kappa shape index (κ3) is 3.47. The van der Waals surface area contributed by atoms with Crippen LogP contribution >= 0.6 is 0 Å². The lowest BCUT2D eigenvalue weighted by atomic mass is 9.83. The van der Waals surface area contributed by atoms with Gasteiger partial charge >= 0.3 is 6.03 Å². The van der Waals surface area contributed by atoms with Crippen molar-refractivity contribution in [1.29, 1.82) is 5.26 Å². The highest BCUT2D eigenvalue weighted by atomic mass is 16.2. The van der Waals surface area contributed by atoms with E-state index in [1.165, 1.54) is 0 Å². The number of urea groups is 1. The van der Waals surface area contributed by atoms with E-state index in [0.717, 1.165) is 64.2 Å². The van der Waals surface area contributed by atoms with Gasteiger partial charge in [0.1, 0.15) is 0 Å². The molecule has 110 valence electrons. The predicted octanol–water partition coefficient (Wildman–Crippen LogP) is 2.99. The van der Waals surface area contributed by atoms with E-state index in [2.05, 4.69) is 21.6 Å². The molecule has 2 rings (SSSR count). The van der Waals surface area contributed by atoms with Crippen LogP contribution in [0.25, 0.3) is 0 Å². The molecule has 2 aliphatic carbocycles. The fraction of sp³-hybridized carbons (Fsp3) is 0.857. The molecular formula is C14H23N5O. The summed E-state index contributed by atoms with van der Waals surface area (Å²) in [7, 11) is 0. The molecule has 6 nitrogen and oxygen atoms in total. The number of nitrogens with two attached hydrogens (primary N) is 1. The summed E-state index contributed by atoms with van der Waals surface area (Å²) in [5.41, 5.74) is 3.88. The quantitative estimate of drug-likeness (QED) is 0.774. The molecule has 0 unspecified atom stereocenters. The van der Waals surface area contributed by atoms with E-state index in [1.54, 1.807) is 0 Å². The summed E-state index contributed by atoms with van der Waals surface area (Å²) in [6.07, 6.45) is 9.36. The summed E-state index contributed by atoms with van der Waals surface area (Å²) in [4.78, 5) is 11.2. The summed E-state index contributed by atoms with van der Waals surface area (Å²) in [6.45, 7) is 0. The highest BCUT2D eigenvalue weighted by Gasteiger charge is 2.37. The average Bonchev–Trinajstić information content (AvgIpc) is 2.47. The van der Waals surface area contributed by atoms with E-state index in [-0.39, 0.29) is 0 Å². The smallest absolute Gasteiger partial charge is 0.314 e. The molecule has 2 saturated carbocycles. The van der Waals surface area contributed by atoms with Crippen molar-refractivity contribution in [2.75, 3.05) is 0 Å². The van der Waals surface area contributed by atoms with Gasteiger partial charge < -0.3 is 11.1 Å². The number of nitrogens with zero attached hydrogens (tertiary/aromatic N) is 3. The van der Waals surface area contributed by atoms with Gasteiger partial charge in [-0.15, -0.1) is 0 Å². The molecule has 6 heteroatoms. The molecule has 2 aliphatic rings. The van der Waals surface area contributed by atoms with Crippen molar-refractivity contribution in [1.82, 2.24) is 5.32 Å². The van der Waals surface area contributed by atoms with Crippen LogP contribution in [0.5, 0.6) is 0 Å². The Kier molecular flexibility index (Phi) is 4.58. The standard InChI is InChI=1S/C14H23N5O/c15-11-13(7-3-1-4-8-13)18-19-14(17-12(16)20)9-5-2-6-10-14/h1-10H2,(H3,16,17,20). The minimum atomic E-state index is -0.692. The maximum atomic E-state index is 11.2. The fourth-order valence-electron chi connectivity index (χ4n) is 3.18. The lowest BCUT2D eigenvalue weighted by Crippen LogP contribution is -2.50. The van der Waals surface area contributed by atoms with Crippen molar-refractivity contribution in [3.05, 3.63) is 0 Å². The van der Waals surface area contributed by atoms with Crippen LogP contribution in [0.2, 0.25) is 0 Å². The zero-order valence-corrected chi connectivity index (χ0v) is 11.9.